The summed E-state index contributed by atoms with van der Waals surface area (Å²) in [6.45, 7) is 3.97. The molecule has 9 nitrogen and oxygen atoms in total. The second kappa shape index (κ2) is 8.80. The first-order valence-electron chi connectivity index (χ1n) is 10.8. The molecule has 35 heavy (non-hydrogen) atoms. The molecule has 1 aliphatic rings. The molecule has 1 aliphatic heterocycles. The van der Waals surface area contributed by atoms with Crippen molar-refractivity contribution in [2.24, 2.45) is 0 Å². The molecule has 0 spiro atoms. The van der Waals surface area contributed by atoms with Gasteiger partial charge in [-0.25, -0.2) is 14.7 Å². The van der Waals surface area contributed by atoms with Gasteiger partial charge in [0, 0.05) is 17.1 Å². The summed E-state index contributed by atoms with van der Waals surface area (Å²) in [6, 6.07) is 12.2. The summed E-state index contributed by atoms with van der Waals surface area (Å²) in [5, 5.41) is 1.82. The number of rotatable bonds is 6. The van der Waals surface area contributed by atoms with Crippen molar-refractivity contribution in [3.05, 3.63) is 92.3 Å². The zero-order chi connectivity index (χ0) is 24.7. The molecular formula is C25H19N3O6S. The van der Waals surface area contributed by atoms with Crippen LogP contribution in [0.5, 0.6) is 5.75 Å². The predicted molar refractivity (Wildman–Crippen MR) is 128 cm³/mol. The number of fused-ring (bicyclic) bond motifs is 2. The van der Waals surface area contributed by atoms with Gasteiger partial charge in [-0.15, -0.1) is 11.3 Å². The van der Waals surface area contributed by atoms with Gasteiger partial charge in [-0.05, 0) is 56.3 Å². The van der Waals surface area contributed by atoms with E-state index in [1.807, 2.05) is 19.2 Å². The molecule has 0 fully saturated rings. The van der Waals surface area contributed by atoms with Crippen molar-refractivity contribution in [3.63, 3.8) is 0 Å². The van der Waals surface area contributed by atoms with E-state index in [9.17, 15) is 19.2 Å². The van der Waals surface area contributed by atoms with Gasteiger partial charge in [0.15, 0.2) is 4.96 Å². The van der Waals surface area contributed by atoms with E-state index in [2.05, 4.69) is 4.98 Å². The van der Waals surface area contributed by atoms with Gasteiger partial charge in [0.1, 0.15) is 12.4 Å². The third kappa shape index (κ3) is 3.97. The van der Waals surface area contributed by atoms with Crippen LogP contribution in [0.2, 0.25) is 0 Å². The number of benzene rings is 2. The van der Waals surface area contributed by atoms with E-state index < -0.39 is 17.8 Å². The van der Waals surface area contributed by atoms with Crippen molar-refractivity contribution in [2.45, 2.75) is 20.5 Å². The number of aromatic nitrogens is 2. The van der Waals surface area contributed by atoms with E-state index in [1.165, 1.54) is 40.0 Å². The monoisotopic (exact) mass is 489 g/mol. The van der Waals surface area contributed by atoms with E-state index in [1.54, 1.807) is 24.3 Å². The number of amides is 2. The van der Waals surface area contributed by atoms with Crippen molar-refractivity contribution in [1.82, 2.24) is 9.38 Å². The van der Waals surface area contributed by atoms with Crippen LogP contribution in [0.1, 0.15) is 49.4 Å². The fraction of sp³-hybridized carbons (Fsp3) is 0.160. The van der Waals surface area contributed by atoms with Crippen LogP contribution < -0.4 is 15.2 Å². The summed E-state index contributed by atoms with van der Waals surface area (Å²) < 4.78 is 12.2. The molecule has 0 saturated heterocycles. The van der Waals surface area contributed by atoms with Gasteiger partial charge in [-0.2, -0.15) is 0 Å². The molecule has 4 aromatic rings. The van der Waals surface area contributed by atoms with Gasteiger partial charge in [-0.3, -0.25) is 18.8 Å². The fourth-order valence-electron chi connectivity index (χ4n) is 3.86. The summed E-state index contributed by atoms with van der Waals surface area (Å²) in [5.41, 5.74) is 1.68. The Bertz CT molecular complexity index is 1550. The number of nitrogens with zero attached hydrogens (tertiary/aromatic N) is 3. The van der Waals surface area contributed by atoms with E-state index in [4.69, 9.17) is 9.47 Å². The summed E-state index contributed by atoms with van der Waals surface area (Å²) >= 11 is 1.32. The number of carbonyl (C=O) groups excluding carboxylic acids is 3. The maximum Gasteiger partial charge on any atom is 0.338 e. The molecule has 3 heterocycles. The highest BCUT2D eigenvalue weighted by atomic mass is 32.1. The van der Waals surface area contributed by atoms with Crippen molar-refractivity contribution in [2.75, 3.05) is 11.5 Å². The number of esters is 1. The Labute approximate surface area is 203 Å². The lowest BCUT2D eigenvalue weighted by Gasteiger charge is -2.14. The maximum absolute atomic E-state index is 13.0. The number of hydrogen-bond acceptors (Lipinski definition) is 8. The summed E-state index contributed by atoms with van der Waals surface area (Å²) in [5.74, 6) is -1.07. The standard InChI is InChI=1S/C25H19N3O6S/c1-3-33-18-7-5-17(6-8-18)28-22(30)19-9-4-15(10-20(19)23(28)31)24(32)34-12-16-11-21(29)27-14(2)13-35-25(27)26-16/h4-11,13H,3,12H2,1-2H3. The molecule has 2 aromatic carbocycles. The van der Waals surface area contributed by atoms with Crippen molar-refractivity contribution in [3.8, 4) is 5.75 Å². The summed E-state index contributed by atoms with van der Waals surface area (Å²) in [7, 11) is 0. The third-order valence-electron chi connectivity index (χ3n) is 5.51. The van der Waals surface area contributed by atoms with E-state index in [-0.39, 0.29) is 28.9 Å². The first-order valence-corrected chi connectivity index (χ1v) is 11.6. The smallest absolute Gasteiger partial charge is 0.338 e. The molecule has 0 N–H and O–H groups in total. The number of hydrogen-bond donors (Lipinski definition) is 0. The molecule has 0 aliphatic carbocycles. The first kappa shape index (κ1) is 22.5. The Kier molecular flexibility index (Phi) is 5.65. The minimum atomic E-state index is -0.697. The number of thiazole rings is 1. The Balaban J connectivity index is 1.34. The van der Waals surface area contributed by atoms with Crippen LogP contribution in [-0.2, 0) is 11.3 Å². The number of carbonyl (C=O) groups is 3. The van der Waals surface area contributed by atoms with Crippen LogP contribution in [0, 0.1) is 6.92 Å². The van der Waals surface area contributed by atoms with Crippen LogP contribution in [0.4, 0.5) is 5.69 Å². The summed E-state index contributed by atoms with van der Waals surface area (Å²) in [4.78, 5) is 56.8. The average molecular weight is 490 g/mol. The molecule has 176 valence electrons. The molecule has 0 bridgehead atoms. The van der Waals surface area contributed by atoms with Crippen molar-refractivity contribution < 1.29 is 23.9 Å². The van der Waals surface area contributed by atoms with E-state index in [0.717, 1.165) is 10.6 Å². The molecule has 0 atom stereocenters. The molecular weight excluding hydrogens is 470 g/mol. The van der Waals surface area contributed by atoms with E-state index >= 15 is 0 Å². The lowest BCUT2D eigenvalue weighted by Crippen LogP contribution is -2.29. The second-order valence-electron chi connectivity index (χ2n) is 7.79. The summed E-state index contributed by atoms with van der Waals surface area (Å²) in [6.07, 6.45) is 0. The Morgan fingerprint density at radius 2 is 1.74 bits per heavy atom. The minimum Gasteiger partial charge on any atom is -0.494 e. The van der Waals surface area contributed by atoms with Crippen LogP contribution in [0.25, 0.3) is 4.96 Å². The van der Waals surface area contributed by atoms with Gasteiger partial charge >= 0.3 is 5.97 Å². The lowest BCUT2D eigenvalue weighted by atomic mass is 10.1. The molecule has 2 amide bonds. The highest BCUT2D eigenvalue weighted by Gasteiger charge is 2.37. The molecule has 2 aromatic heterocycles. The molecule has 0 unspecified atom stereocenters. The Hall–Kier alpha value is -4.31. The van der Waals surface area contributed by atoms with Gasteiger partial charge in [-0.1, -0.05) is 0 Å². The molecule has 0 saturated carbocycles. The molecule has 10 heteroatoms. The minimum absolute atomic E-state index is 0.114. The normalized spacial score (nSPS) is 12.8. The average Bonchev–Trinajstić information content (AvgIpc) is 3.35. The van der Waals surface area contributed by atoms with Crippen molar-refractivity contribution in [1.29, 1.82) is 0 Å². The highest BCUT2D eigenvalue weighted by molar-refractivity contribution is 7.15. The van der Waals surface area contributed by atoms with Crippen LogP contribution in [-0.4, -0.2) is 33.8 Å². The second-order valence-corrected chi connectivity index (χ2v) is 8.63. The van der Waals surface area contributed by atoms with Gasteiger partial charge in [0.2, 0.25) is 0 Å². The van der Waals surface area contributed by atoms with Crippen LogP contribution in [0.15, 0.2) is 58.7 Å². The lowest BCUT2D eigenvalue weighted by molar-refractivity contribution is 0.0467. The topological polar surface area (TPSA) is 107 Å². The van der Waals surface area contributed by atoms with Crippen LogP contribution >= 0.6 is 11.3 Å². The number of imide groups is 1. The van der Waals surface area contributed by atoms with Crippen molar-refractivity contribution >= 4 is 39.8 Å². The van der Waals surface area contributed by atoms with E-state index in [0.29, 0.717) is 28.7 Å². The van der Waals surface area contributed by atoms with Gasteiger partial charge < -0.3 is 9.47 Å². The Morgan fingerprint density at radius 3 is 2.49 bits per heavy atom. The third-order valence-corrected chi connectivity index (χ3v) is 6.45. The van der Waals surface area contributed by atoms with Gasteiger partial charge in [0.25, 0.3) is 17.4 Å². The fourth-order valence-corrected chi connectivity index (χ4v) is 4.75. The van der Waals surface area contributed by atoms with Crippen LogP contribution in [0.3, 0.4) is 0 Å². The molecule has 5 rings (SSSR count). The largest absolute Gasteiger partial charge is 0.494 e. The zero-order valence-corrected chi connectivity index (χ0v) is 19.6. The number of aryl methyl sites for hydroxylation is 1. The molecule has 0 radical (unpaired) electrons. The predicted octanol–water partition coefficient (Wildman–Crippen LogP) is 3.62. The highest BCUT2D eigenvalue weighted by Crippen LogP contribution is 2.30. The first-order chi connectivity index (χ1) is 16.9. The SMILES string of the molecule is CCOc1ccc(N2C(=O)c3ccc(C(=O)OCc4cc(=O)n5c(C)csc5n4)cc3C2=O)cc1. The zero-order valence-electron chi connectivity index (χ0n) is 18.8. The maximum atomic E-state index is 13.0. The van der Waals surface area contributed by atoms with Gasteiger partial charge in [0.05, 0.1) is 34.7 Å². The number of ether oxygens (including phenoxy) is 2. The quantitative estimate of drug-likeness (QED) is 0.301. The Morgan fingerprint density at radius 1 is 1.00 bits per heavy atom. The number of anilines is 1.